The monoisotopic (exact) mass is 136 g/mol. The molecule has 52 valence electrons. The van der Waals surface area contributed by atoms with E-state index >= 15 is 0 Å². The van der Waals surface area contributed by atoms with Crippen molar-refractivity contribution in [2.24, 2.45) is 7.05 Å². The molecule has 3 nitrogen and oxygen atoms in total. The molecule has 0 spiro atoms. The van der Waals surface area contributed by atoms with Gasteiger partial charge in [-0.15, -0.1) is 0 Å². The Bertz CT molecular complexity index is 256. The van der Waals surface area contributed by atoms with Gasteiger partial charge in [0.05, 0.1) is 7.05 Å². The molecule has 1 aromatic heterocycles. The lowest BCUT2D eigenvalue weighted by Gasteiger charge is -1.92. The van der Waals surface area contributed by atoms with E-state index in [4.69, 9.17) is 5.26 Å². The molecule has 0 aromatic carbocycles. The Morgan fingerprint density at radius 1 is 1.70 bits per heavy atom. The van der Waals surface area contributed by atoms with Crippen LogP contribution in [0.15, 0.2) is 18.7 Å². The summed E-state index contributed by atoms with van der Waals surface area (Å²) in [6.45, 7) is 1.86. The average molecular weight is 136 g/mol. The second-order valence-corrected chi connectivity index (χ2v) is 2.33. The van der Waals surface area contributed by atoms with Crippen LogP contribution in [0.3, 0.4) is 0 Å². The van der Waals surface area contributed by atoms with E-state index in [1.807, 2.05) is 41.8 Å². The van der Waals surface area contributed by atoms with Crippen molar-refractivity contribution < 1.29 is 4.57 Å². The molecule has 0 aliphatic heterocycles. The largest absolute Gasteiger partial charge is 0.244 e. The van der Waals surface area contributed by atoms with Crippen LogP contribution >= 0.6 is 0 Å². The molecule has 0 saturated carbocycles. The quantitative estimate of drug-likeness (QED) is 0.514. The van der Waals surface area contributed by atoms with Gasteiger partial charge in [0.2, 0.25) is 6.33 Å². The molecular weight excluding hydrogens is 126 g/mol. The van der Waals surface area contributed by atoms with Gasteiger partial charge in [-0.3, -0.25) is 0 Å². The summed E-state index contributed by atoms with van der Waals surface area (Å²) in [6, 6.07) is 2.08. The third-order valence-corrected chi connectivity index (χ3v) is 1.42. The lowest BCUT2D eigenvalue weighted by Crippen LogP contribution is -2.34. The Morgan fingerprint density at radius 2 is 2.40 bits per heavy atom. The number of imidazole rings is 1. The first kappa shape index (κ1) is 6.81. The zero-order valence-corrected chi connectivity index (χ0v) is 6.15. The number of aromatic nitrogens is 2. The minimum absolute atomic E-state index is 0.0683. The first-order chi connectivity index (χ1) is 4.74. The van der Waals surface area contributed by atoms with Crippen molar-refractivity contribution in [3.63, 3.8) is 0 Å². The van der Waals surface area contributed by atoms with Crippen molar-refractivity contribution in [1.82, 2.24) is 4.57 Å². The van der Waals surface area contributed by atoms with E-state index in [-0.39, 0.29) is 6.04 Å². The Kier molecular flexibility index (Phi) is 1.72. The molecule has 0 radical (unpaired) electrons. The highest BCUT2D eigenvalue weighted by atomic mass is 15.1. The van der Waals surface area contributed by atoms with E-state index < -0.39 is 0 Å². The topological polar surface area (TPSA) is 32.6 Å². The highest BCUT2D eigenvalue weighted by Gasteiger charge is 2.06. The average Bonchev–Trinajstić information content (AvgIpc) is 2.34. The van der Waals surface area contributed by atoms with Crippen molar-refractivity contribution in [3.8, 4) is 6.07 Å². The van der Waals surface area contributed by atoms with Crippen LogP contribution in [0.25, 0.3) is 0 Å². The van der Waals surface area contributed by atoms with Gasteiger partial charge in [-0.25, -0.2) is 9.13 Å². The summed E-state index contributed by atoms with van der Waals surface area (Å²) in [6.07, 6.45) is 5.68. The zero-order valence-electron chi connectivity index (χ0n) is 6.15. The third-order valence-electron chi connectivity index (χ3n) is 1.42. The normalized spacial score (nSPS) is 12.5. The SMILES string of the molecule is CC(C#N)[n+]1ccn(C)c1. The Morgan fingerprint density at radius 3 is 2.80 bits per heavy atom. The fraction of sp³-hybridized carbons (Fsp3) is 0.429. The summed E-state index contributed by atoms with van der Waals surface area (Å²) in [4.78, 5) is 0. The maximum Gasteiger partial charge on any atom is 0.244 e. The van der Waals surface area contributed by atoms with E-state index in [9.17, 15) is 0 Å². The Labute approximate surface area is 60.1 Å². The fourth-order valence-corrected chi connectivity index (χ4v) is 0.765. The van der Waals surface area contributed by atoms with Gasteiger partial charge >= 0.3 is 0 Å². The number of hydrogen-bond donors (Lipinski definition) is 0. The number of rotatable bonds is 1. The van der Waals surface area contributed by atoms with Crippen LogP contribution in [0.4, 0.5) is 0 Å². The van der Waals surface area contributed by atoms with Gasteiger partial charge in [0.15, 0.2) is 6.04 Å². The van der Waals surface area contributed by atoms with Crippen LogP contribution in [-0.2, 0) is 7.05 Å². The van der Waals surface area contributed by atoms with Gasteiger partial charge in [0.25, 0.3) is 0 Å². The molecule has 0 saturated heterocycles. The highest BCUT2D eigenvalue weighted by molar-refractivity contribution is 4.75. The first-order valence-corrected chi connectivity index (χ1v) is 3.16. The summed E-state index contributed by atoms with van der Waals surface area (Å²) < 4.78 is 3.77. The van der Waals surface area contributed by atoms with E-state index in [0.717, 1.165) is 0 Å². The van der Waals surface area contributed by atoms with Gasteiger partial charge in [-0.2, -0.15) is 5.26 Å². The predicted octanol–water partition coefficient (Wildman–Crippen LogP) is 0.397. The van der Waals surface area contributed by atoms with Crippen molar-refractivity contribution in [2.45, 2.75) is 13.0 Å². The molecule has 0 N–H and O–H groups in total. The molecule has 0 amide bonds. The van der Waals surface area contributed by atoms with Crippen molar-refractivity contribution in [2.75, 3.05) is 0 Å². The Hall–Kier alpha value is -1.30. The van der Waals surface area contributed by atoms with Crippen molar-refractivity contribution >= 4 is 0 Å². The molecule has 1 rings (SSSR count). The van der Waals surface area contributed by atoms with Crippen LogP contribution in [0.5, 0.6) is 0 Å². The molecular formula is C7H10N3+. The second-order valence-electron chi connectivity index (χ2n) is 2.33. The highest BCUT2D eigenvalue weighted by Crippen LogP contribution is 1.89. The second kappa shape index (κ2) is 2.53. The first-order valence-electron chi connectivity index (χ1n) is 3.16. The van der Waals surface area contributed by atoms with Crippen LogP contribution in [0, 0.1) is 11.3 Å². The fourth-order valence-electron chi connectivity index (χ4n) is 0.765. The van der Waals surface area contributed by atoms with E-state index in [2.05, 4.69) is 6.07 Å². The molecule has 1 heterocycles. The molecule has 0 aliphatic rings. The third kappa shape index (κ3) is 1.16. The summed E-state index contributed by atoms with van der Waals surface area (Å²) in [5.41, 5.74) is 0. The van der Waals surface area contributed by atoms with Gasteiger partial charge in [-0.1, -0.05) is 0 Å². The standard InChI is InChI=1S/C7H10N3/c1-7(5-8)10-4-3-9(2)6-10/h3-4,6-7H,1-2H3/q+1. The summed E-state index contributed by atoms with van der Waals surface area (Å²) in [5, 5.41) is 8.52. The lowest BCUT2D eigenvalue weighted by molar-refractivity contribution is -0.706. The molecule has 0 aliphatic carbocycles. The lowest BCUT2D eigenvalue weighted by atomic mass is 10.4. The predicted molar refractivity (Wildman–Crippen MR) is 35.9 cm³/mol. The number of hydrogen-bond acceptors (Lipinski definition) is 1. The molecule has 1 unspecified atom stereocenters. The smallest absolute Gasteiger partial charge is 0.240 e. The molecule has 3 heteroatoms. The molecule has 1 aromatic rings. The maximum absolute atomic E-state index is 8.52. The van der Waals surface area contributed by atoms with Gasteiger partial charge in [-0.05, 0) is 6.92 Å². The summed E-state index contributed by atoms with van der Waals surface area (Å²) in [7, 11) is 1.93. The van der Waals surface area contributed by atoms with Gasteiger partial charge in [0, 0.05) is 0 Å². The van der Waals surface area contributed by atoms with Crippen molar-refractivity contribution in [1.29, 1.82) is 5.26 Å². The van der Waals surface area contributed by atoms with Crippen LogP contribution < -0.4 is 4.57 Å². The Balaban J connectivity index is 2.87. The number of nitriles is 1. The maximum atomic E-state index is 8.52. The van der Waals surface area contributed by atoms with Crippen LogP contribution in [-0.4, -0.2) is 4.57 Å². The number of nitrogens with zero attached hydrogens (tertiary/aromatic N) is 3. The van der Waals surface area contributed by atoms with Crippen LogP contribution in [0.1, 0.15) is 13.0 Å². The minimum atomic E-state index is -0.0683. The van der Waals surface area contributed by atoms with E-state index in [0.29, 0.717) is 0 Å². The number of aryl methyl sites for hydroxylation is 1. The zero-order chi connectivity index (χ0) is 7.56. The summed E-state index contributed by atoms with van der Waals surface area (Å²) in [5.74, 6) is 0. The molecule has 0 bridgehead atoms. The van der Waals surface area contributed by atoms with Gasteiger partial charge in [0.1, 0.15) is 18.5 Å². The van der Waals surface area contributed by atoms with E-state index in [1.54, 1.807) is 0 Å². The van der Waals surface area contributed by atoms with Gasteiger partial charge < -0.3 is 0 Å². The summed E-state index contributed by atoms with van der Waals surface area (Å²) >= 11 is 0. The van der Waals surface area contributed by atoms with Crippen LogP contribution in [0.2, 0.25) is 0 Å². The van der Waals surface area contributed by atoms with Crippen molar-refractivity contribution in [3.05, 3.63) is 18.7 Å². The molecule has 0 fully saturated rings. The minimum Gasteiger partial charge on any atom is -0.240 e. The van der Waals surface area contributed by atoms with E-state index in [1.165, 1.54) is 0 Å². The molecule has 1 atom stereocenters. The molecule has 10 heavy (non-hydrogen) atoms.